The number of carbonyl (C=O) groups is 3. The minimum absolute atomic E-state index is 0.175. The molecule has 1 N–H and O–H groups in total. The van der Waals surface area contributed by atoms with Crippen molar-refractivity contribution >= 4 is 34.7 Å². The number of hydrazone groups is 1. The number of thioether (sulfide) groups is 1. The van der Waals surface area contributed by atoms with E-state index in [1.54, 1.807) is 24.3 Å². The van der Waals surface area contributed by atoms with Gasteiger partial charge in [0.15, 0.2) is 5.17 Å². The van der Waals surface area contributed by atoms with Crippen molar-refractivity contribution in [3.63, 3.8) is 0 Å². The molecule has 0 radical (unpaired) electrons. The van der Waals surface area contributed by atoms with Gasteiger partial charge in [0.25, 0.3) is 5.91 Å². The topological polar surface area (TPSA) is 102 Å². The summed E-state index contributed by atoms with van der Waals surface area (Å²) in [6, 6.07) is 6.93. The molecule has 0 spiro atoms. The summed E-state index contributed by atoms with van der Waals surface area (Å²) >= 11 is 0.978. The minimum atomic E-state index is -1.32. The van der Waals surface area contributed by atoms with Crippen LogP contribution in [0.4, 0.5) is 0 Å². The van der Waals surface area contributed by atoms with E-state index in [1.807, 2.05) is 6.92 Å². The van der Waals surface area contributed by atoms with E-state index >= 15 is 0 Å². The van der Waals surface area contributed by atoms with Crippen LogP contribution in [0.25, 0.3) is 0 Å². The molecule has 0 saturated carbocycles. The minimum Gasteiger partial charge on any atom is -0.550 e. The largest absolute Gasteiger partial charge is 0.550 e. The second-order valence-electron chi connectivity index (χ2n) is 5.12. The number of aliphatic carboxylic acids is 1. The van der Waals surface area contributed by atoms with Crippen LogP contribution in [0.15, 0.2) is 42.0 Å². The molecule has 0 unspecified atom stereocenters. The molecule has 2 amide bonds. The molecule has 1 aliphatic heterocycles. The predicted octanol–water partition coefficient (Wildman–Crippen LogP) is 0.266. The lowest BCUT2D eigenvalue weighted by molar-refractivity contribution is -0.305. The Kier molecular flexibility index (Phi) is 5.75. The van der Waals surface area contributed by atoms with E-state index in [1.165, 1.54) is 11.0 Å². The zero-order valence-corrected chi connectivity index (χ0v) is 13.8. The van der Waals surface area contributed by atoms with Crippen LogP contribution >= 0.6 is 11.8 Å². The maximum Gasteiger partial charge on any atom is 0.271 e. The Hall–Kier alpha value is -2.61. The van der Waals surface area contributed by atoms with Gasteiger partial charge in [0.1, 0.15) is 0 Å². The van der Waals surface area contributed by atoms with Gasteiger partial charge in [-0.1, -0.05) is 35.5 Å². The van der Waals surface area contributed by atoms with Crippen molar-refractivity contribution in [1.29, 1.82) is 0 Å². The second-order valence-corrected chi connectivity index (χ2v) is 6.29. The zero-order chi connectivity index (χ0) is 17.7. The number of carboxylic acid groups (broad SMARTS) is 1. The lowest BCUT2D eigenvalue weighted by atomic mass is 10.1. The first-order valence-electron chi connectivity index (χ1n) is 7.16. The summed E-state index contributed by atoms with van der Waals surface area (Å²) < 4.78 is 0. The van der Waals surface area contributed by atoms with Crippen LogP contribution in [-0.4, -0.2) is 39.6 Å². The highest BCUT2D eigenvalue weighted by Gasteiger charge is 2.37. The number of rotatable bonds is 6. The molecule has 0 aromatic heterocycles. The molecular formula is C16H16N3O4S-. The first-order chi connectivity index (χ1) is 11.4. The van der Waals surface area contributed by atoms with Crippen molar-refractivity contribution in [2.75, 3.05) is 6.54 Å². The van der Waals surface area contributed by atoms with E-state index in [4.69, 9.17) is 0 Å². The third-order valence-corrected chi connectivity index (χ3v) is 4.43. The van der Waals surface area contributed by atoms with E-state index in [0.29, 0.717) is 5.56 Å². The second kappa shape index (κ2) is 7.78. The fourth-order valence-electron chi connectivity index (χ4n) is 2.04. The van der Waals surface area contributed by atoms with Crippen LogP contribution in [0.5, 0.6) is 0 Å². The van der Waals surface area contributed by atoms with Crippen molar-refractivity contribution in [2.24, 2.45) is 5.10 Å². The van der Waals surface area contributed by atoms with Gasteiger partial charge < -0.3 is 9.90 Å². The monoisotopic (exact) mass is 346 g/mol. The average molecular weight is 346 g/mol. The average Bonchev–Trinajstić information content (AvgIpc) is 2.82. The van der Waals surface area contributed by atoms with Gasteiger partial charge >= 0.3 is 0 Å². The number of amides is 2. The number of nitrogens with zero attached hydrogens (tertiary/aromatic N) is 2. The van der Waals surface area contributed by atoms with Gasteiger partial charge in [-0.25, -0.2) is 5.43 Å². The lowest BCUT2D eigenvalue weighted by Crippen LogP contribution is -2.35. The summed E-state index contributed by atoms with van der Waals surface area (Å²) in [4.78, 5) is 36.2. The Bertz CT molecular complexity index is 700. The number of amidine groups is 1. The summed E-state index contributed by atoms with van der Waals surface area (Å²) in [7, 11) is 0. The lowest BCUT2D eigenvalue weighted by Gasteiger charge is -2.13. The highest BCUT2D eigenvalue weighted by atomic mass is 32.2. The summed E-state index contributed by atoms with van der Waals surface area (Å²) in [6.07, 6.45) is 1.08. The fraction of sp³-hybridized carbons (Fsp3) is 0.250. The number of benzene rings is 1. The van der Waals surface area contributed by atoms with Gasteiger partial charge in [0, 0.05) is 24.5 Å². The Balaban J connectivity index is 2.12. The van der Waals surface area contributed by atoms with Gasteiger partial charge in [0.05, 0.1) is 5.25 Å². The summed E-state index contributed by atoms with van der Waals surface area (Å²) in [6.45, 7) is 5.64. The summed E-state index contributed by atoms with van der Waals surface area (Å²) in [5.41, 5.74) is 3.84. The molecule has 1 aliphatic rings. The number of hydrogen-bond acceptors (Lipinski definition) is 6. The molecule has 8 heteroatoms. The molecule has 1 fully saturated rings. The molecule has 7 nitrogen and oxygen atoms in total. The molecule has 1 atom stereocenters. The quantitative estimate of drug-likeness (QED) is 0.588. The smallest absolute Gasteiger partial charge is 0.271 e. The van der Waals surface area contributed by atoms with E-state index in [0.717, 1.165) is 17.3 Å². The first kappa shape index (κ1) is 17.7. The van der Waals surface area contributed by atoms with Crippen molar-refractivity contribution in [1.82, 2.24) is 10.3 Å². The van der Waals surface area contributed by atoms with Gasteiger partial charge in [0.2, 0.25) is 5.91 Å². The molecule has 0 bridgehead atoms. The number of carboxylic acids is 1. The van der Waals surface area contributed by atoms with E-state index in [9.17, 15) is 19.5 Å². The normalized spacial score (nSPS) is 18.7. The summed E-state index contributed by atoms with van der Waals surface area (Å²) in [5, 5.41) is 14.1. The Morgan fingerprint density at radius 3 is 2.67 bits per heavy atom. The maximum absolute atomic E-state index is 12.2. The number of hydrogen-bond donors (Lipinski definition) is 1. The van der Waals surface area contributed by atoms with Gasteiger partial charge in [-0.05, 0) is 19.1 Å². The van der Waals surface area contributed by atoms with Gasteiger partial charge in [-0.3, -0.25) is 14.5 Å². The maximum atomic E-state index is 12.2. The Labute approximate surface area is 143 Å². The summed E-state index contributed by atoms with van der Waals surface area (Å²) in [5.74, 6) is -2.13. The van der Waals surface area contributed by atoms with Crippen LogP contribution < -0.4 is 10.5 Å². The molecule has 1 heterocycles. The number of carbonyl (C=O) groups excluding carboxylic acids is 3. The first-order valence-corrected chi connectivity index (χ1v) is 8.03. The predicted molar refractivity (Wildman–Crippen MR) is 89.0 cm³/mol. The van der Waals surface area contributed by atoms with Crippen molar-refractivity contribution in [2.45, 2.75) is 18.6 Å². The van der Waals surface area contributed by atoms with E-state index in [2.05, 4.69) is 17.1 Å². The van der Waals surface area contributed by atoms with Crippen molar-refractivity contribution in [3.8, 4) is 0 Å². The third-order valence-electron chi connectivity index (χ3n) is 3.25. The Morgan fingerprint density at radius 1 is 1.42 bits per heavy atom. The molecule has 1 aromatic carbocycles. The third kappa shape index (κ3) is 4.23. The number of nitrogens with one attached hydrogen (secondary N) is 1. The van der Waals surface area contributed by atoms with Crippen LogP contribution in [0, 0.1) is 6.92 Å². The van der Waals surface area contributed by atoms with E-state index < -0.39 is 29.5 Å². The highest BCUT2D eigenvalue weighted by molar-refractivity contribution is 8.15. The molecule has 0 aliphatic carbocycles. The molecule has 126 valence electrons. The molecule has 2 rings (SSSR count). The Morgan fingerprint density at radius 2 is 2.08 bits per heavy atom. The zero-order valence-electron chi connectivity index (χ0n) is 13.0. The van der Waals surface area contributed by atoms with Crippen molar-refractivity contribution in [3.05, 3.63) is 48.0 Å². The molecule has 1 saturated heterocycles. The van der Waals surface area contributed by atoms with Crippen LogP contribution in [-0.2, 0) is 9.59 Å². The van der Waals surface area contributed by atoms with Crippen LogP contribution in [0.3, 0.4) is 0 Å². The molecular weight excluding hydrogens is 330 g/mol. The van der Waals surface area contributed by atoms with Crippen LogP contribution in [0.2, 0.25) is 0 Å². The fourth-order valence-corrected chi connectivity index (χ4v) is 3.13. The molecule has 1 aromatic rings. The highest BCUT2D eigenvalue weighted by Crippen LogP contribution is 2.29. The van der Waals surface area contributed by atoms with Crippen LogP contribution in [0.1, 0.15) is 22.3 Å². The van der Waals surface area contributed by atoms with Gasteiger partial charge in [-0.2, -0.15) is 0 Å². The van der Waals surface area contributed by atoms with E-state index in [-0.39, 0.29) is 11.7 Å². The number of aryl methyl sites for hydroxylation is 1. The van der Waals surface area contributed by atoms with Crippen molar-refractivity contribution < 1.29 is 19.5 Å². The SMILES string of the molecule is C=CCN1C(=O)[C@@H](CC(=O)[O-])S/C1=N\NC(=O)c1ccc(C)cc1. The molecule has 24 heavy (non-hydrogen) atoms. The standard InChI is InChI=1S/C16H17N3O4S/c1-3-8-19-15(23)12(9-13(20)21)24-16(19)18-17-14(22)11-6-4-10(2)5-7-11/h3-7,12H,1,8-9H2,2H3,(H,17,22)(H,20,21)/p-1/b18-16-/t12-/m1/s1. The van der Waals surface area contributed by atoms with Gasteiger partial charge in [-0.15, -0.1) is 11.7 Å².